The first-order chi connectivity index (χ1) is 9.41. The van der Waals surface area contributed by atoms with Gasteiger partial charge < -0.3 is 4.43 Å². The average molecular weight is 307 g/mol. The third-order valence-corrected chi connectivity index (χ3v) is 21.2. The van der Waals surface area contributed by atoms with Crippen molar-refractivity contribution in [2.75, 3.05) is 0 Å². The zero-order chi connectivity index (χ0) is 15.3. The lowest BCUT2D eigenvalue weighted by molar-refractivity contribution is 0.0569. The molecule has 0 spiro atoms. The van der Waals surface area contributed by atoms with Gasteiger partial charge in [0.2, 0.25) is 0 Å². The Balaban J connectivity index is 3.19. The van der Waals surface area contributed by atoms with Crippen LogP contribution in [-0.4, -0.2) is 21.0 Å². The lowest BCUT2D eigenvalue weighted by Crippen LogP contribution is -2.68. The molecule has 112 valence electrons. The third kappa shape index (κ3) is 3.33. The Hall–Kier alpha value is -0.646. The van der Waals surface area contributed by atoms with Crippen molar-refractivity contribution in [3.05, 3.63) is 50.6 Å². The van der Waals surface area contributed by atoms with E-state index in [-0.39, 0.29) is 5.60 Å². The molecule has 0 saturated carbocycles. The number of hydrogen-bond acceptors (Lipinski definition) is 1. The summed E-state index contributed by atoms with van der Waals surface area (Å²) in [4.78, 5) is 0. The summed E-state index contributed by atoms with van der Waals surface area (Å²) in [5, 5.41) is 0. The molecule has 0 aromatic rings. The SMILES string of the molecule is C=CCC1(CC=C)CC[Si](C)(C)[Si](CC=C)(CC=C)O1. The number of rotatable bonds is 8. The summed E-state index contributed by atoms with van der Waals surface area (Å²) in [5.41, 5.74) is -0.0652. The van der Waals surface area contributed by atoms with E-state index in [9.17, 15) is 0 Å². The Labute approximate surface area is 127 Å². The highest BCUT2D eigenvalue weighted by Gasteiger charge is 2.56. The minimum atomic E-state index is -1.81. The van der Waals surface area contributed by atoms with Crippen LogP contribution in [0.4, 0.5) is 0 Å². The summed E-state index contributed by atoms with van der Waals surface area (Å²) in [7, 11) is -3.17. The molecular formula is C17H30OSi2. The van der Waals surface area contributed by atoms with Crippen LogP contribution in [0.25, 0.3) is 0 Å². The van der Waals surface area contributed by atoms with E-state index < -0.39 is 15.4 Å². The van der Waals surface area contributed by atoms with Gasteiger partial charge in [-0.1, -0.05) is 43.4 Å². The van der Waals surface area contributed by atoms with Crippen LogP contribution in [0, 0.1) is 0 Å². The zero-order valence-corrected chi connectivity index (χ0v) is 15.3. The molecule has 0 unspecified atom stereocenters. The topological polar surface area (TPSA) is 9.23 Å². The summed E-state index contributed by atoms with van der Waals surface area (Å²) in [6, 6.07) is 3.44. The first kappa shape index (κ1) is 17.4. The van der Waals surface area contributed by atoms with E-state index in [1.54, 1.807) is 0 Å². The van der Waals surface area contributed by atoms with E-state index in [4.69, 9.17) is 4.43 Å². The fourth-order valence-electron chi connectivity index (χ4n) is 3.45. The molecule has 1 aliphatic heterocycles. The second kappa shape index (κ2) is 6.88. The van der Waals surface area contributed by atoms with E-state index >= 15 is 0 Å². The van der Waals surface area contributed by atoms with Gasteiger partial charge in [-0.3, -0.25) is 0 Å². The van der Waals surface area contributed by atoms with Gasteiger partial charge in [0, 0.05) is 0 Å². The predicted octanol–water partition coefficient (Wildman–Crippen LogP) is 5.40. The highest BCUT2D eigenvalue weighted by molar-refractivity contribution is 7.39. The van der Waals surface area contributed by atoms with Gasteiger partial charge in [-0.2, -0.15) is 0 Å². The standard InChI is InChI=1S/C17H30OSi2/c1-7-11-17(12-8-2)13-16-19(5,6)20(18-17,14-9-3)15-10-4/h7-10H,1-4,11-16H2,5-6H3. The van der Waals surface area contributed by atoms with Crippen molar-refractivity contribution in [3.63, 3.8) is 0 Å². The molecule has 0 amide bonds. The summed E-state index contributed by atoms with van der Waals surface area (Å²) < 4.78 is 6.95. The fraction of sp³-hybridized carbons (Fsp3) is 0.529. The van der Waals surface area contributed by atoms with Crippen molar-refractivity contribution in [2.24, 2.45) is 0 Å². The van der Waals surface area contributed by atoms with Crippen LogP contribution in [0.1, 0.15) is 19.3 Å². The van der Waals surface area contributed by atoms with Gasteiger partial charge in [-0.15, -0.1) is 26.3 Å². The van der Waals surface area contributed by atoms with Crippen LogP contribution in [-0.2, 0) is 4.43 Å². The lowest BCUT2D eigenvalue weighted by Gasteiger charge is -2.54. The quantitative estimate of drug-likeness (QED) is 0.431. The van der Waals surface area contributed by atoms with Crippen molar-refractivity contribution >= 4 is 15.4 Å². The Bertz CT molecular complexity index is 364. The fourth-order valence-corrected chi connectivity index (χ4v) is 16.1. The molecule has 0 aromatic heterocycles. The van der Waals surface area contributed by atoms with Crippen LogP contribution in [0.2, 0.25) is 31.2 Å². The minimum absolute atomic E-state index is 0.0652. The first-order valence-corrected chi connectivity index (χ1v) is 14.1. The van der Waals surface area contributed by atoms with E-state index in [2.05, 4.69) is 51.6 Å². The summed E-state index contributed by atoms with van der Waals surface area (Å²) in [6.45, 7) is 20.8. The van der Waals surface area contributed by atoms with E-state index in [1.807, 2.05) is 12.2 Å². The summed E-state index contributed by atoms with van der Waals surface area (Å²) in [5.74, 6) is 0. The van der Waals surface area contributed by atoms with Crippen LogP contribution in [0.15, 0.2) is 50.6 Å². The highest BCUT2D eigenvalue weighted by Crippen LogP contribution is 2.46. The Morgan fingerprint density at radius 2 is 1.45 bits per heavy atom. The van der Waals surface area contributed by atoms with E-state index in [1.165, 1.54) is 6.04 Å². The molecule has 1 fully saturated rings. The average Bonchev–Trinajstić information content (AvgIpc) is 2.36. The van der Waals surface area contributed by atoms with Crippen LogP contribution in [0.3, 0.4) is 0 Å². The Morgan fingerprint density at radius 3 is 1.85 bits per heavy atom. The predicted molar refractivity (Wildman–Crippen MR) is 96.1 cm³/mol. The maximum absolute atomic E-state index is 6.95. The molecule has 0 atom stereocenters. The highest BCUT2D eigenvalue weighted by atomic mass is 29.3. The molecule has 1 heterocycles. The van der Waals surface area contributed by atoms with E-state index in [0.717, 1.165) is 31.4 Å². The third-order valence-electron chi connectivity index (χ3n) is 4.83. The molecule has 0 N–H and O–H groups in total. The summed E-state index contributed by atoms with van der Waals surface area (Å²) >= 11 is 0. The molecule has 20 heavy (non-hydrogen) atoms. The monoisotopic (exact) mass is 306 g/mol. The van der Waals surface area contributed by atoms with Crippen molar-refractivity contribution in [1.29, 1.82) is 0 Å². The van der Waals surface area contributed by atoms with Gasteiger partial charge in [0.25, 0.3) is 0 Å². The second-order valence-corrected chi connectivity index (χ2v) is 20.7. The lowest BCUT2D eigenvalue weighted by atomic mass is 9.92. The molecule has 0 radical (unpaired) electrons. The van der Waals surface area contributed by atoms with Gasteiger partial charge in [-0.25, -0.2) is 0 Å². The Morgan fingerprint density at radius 1 is 0.950 bits per heavy atom. The van der Waals surface area contributed by atoms with Gasteiger partial charge in [0.1, 0.15) is 0 Å². The van der Waals surface area contributed by atoms with Crippen molar-refractivity contribution < 1.29 is 4.43 Å². The van der Waals surface area contributed by atoms with Gasteiger partial charge >= 0.3 is 0 Å². The molecular weight excluding hydrogens is 276 g/mol. The van der Waals surface area contributed by atoms with Crippen LogP contribution >= 0.6 is 0 Å². The molecule has 1 aliphatic rings. The molecule has 1 saturated heterocycles. The molecule has 0 aliphatic carbocycles. The van der Waals surface area contributed by atoms with Crippen molar-refractivity contribution in [1.82, 2.24) is 0 Å². The van der Waals surface area contributed by atoms with Crippen molar-refractivity contribution in [3.8, 4) is 0 Å². The van der Waals surface area contributed by atoms with Gasteiger partial charge in [-0.05, 0) is 31.4 Å². The molecule has 3 heteroatoms. The molecule has 1 rings (SSSR count). The maximum atomic E-state index is 6.95. The number of hydrogen-bond donors (Lipinski definition) is 0. The Kier molecular flexibility index (Phi) is 5.98. The van der Waals surface area contributed by atoms with Gasteiger partial charge in [0.05, 0.1) is 13.2 Å². The normalized spacial score (nSPS) is 22.7. The minimum Gasteiger partial charge on any atom is -0.413 e. The van der Waals surface area contributed by atoms with Gasteiger partial charge in [0.15, 0.2) is 7.83 Å². The molecule has 0 bridgehead atoms. The zero-order valence-electron chi connectivity index (χ0n) is 13.3. The van der Waals surface area contributed by atoms with Crippen LogP contribution in [0.5, 0.6) is 0 Å². The van der Waals surface area contributed by atoms with E-state index in [0.29, 0.717) is 0 Å². The smallest absolute Gasteiger partial charge is 0.187 e. The summed E-state index contributed by atoms with van der Waals surface area (Å²) in [6.07, 6.45) is 11.1. The second-order valence-electron chi connectivity index (χ2n) is 6.63. The van der Waals surface area contributed by atoms with Crippen molar-refractivity contribution in [2.45, 2.75) is 56.1 Å². The maximum Gasteiger partial charge on any atom is 0.187 e. The number of allylic oxidation sites excluding steroid dienone is 2. The largest absolute Gasteiger partial charge is 0.413 e. The molecule has 1 nitrogen and oxygen atoms in total. The molecule has 0 aromatic carbocycles. The first-order valence-electron chi connectivity index (χ1n) is 7.55. The van der Waals surface area contributed by atoms with Crippen LogP contribution < -0.4 is 0 Å².